The second kappa shape index (κ2) is 6.07. The number of rotatable bonds is 2. The first-order chi connectivity index (χ1) is 7.86. The third-order valence-corrected chi connectivity index (χ3v) is 1.79. The average Bonchev–Trinajstić information content (AvgIpc) is 2.29. The highest BCUT2D eigenvalue weighted by Gasteiger charge is 2.32. The molecule has 0 aliphatic heterocycles. The van der Waals surface area contributed by atoms with Crippen LogP contribution in [0.1, 0.15) is 19.4 Å². The summed E-state index contributed by atoms with van der Waals surface area (Å²) in [7, 11) is 1.32. The van der Waals surface area contributed by atoms with Gasteiger partial charge in [-0.15, -0.1) is 0 Å². The van der Waals surface area contributed by atoms with Gasteiger partial charge in [0.25, 0.3) is 5.69 Å². The Morgan fingerprint density at radius 1 is 1.29 bits per heavy atom. The molecule has 0 fully saturated rings. The van der Waals surface area contributed by atoms with E-state index >= 15 is 0 Å². The predicted octanol–water partition coefficient (Wildman–Crippen LogP) is 3.68. The van der Waals surface area contributed by atoms with Crippen LogP contribution in [-0.4, -0.2) is 12.0 Å². The molecular formula is C10H13F3N2O2. The Labute approximate surface area is 96.6 Å². The van der Waals surface area contributed by atoms with Gasteiger partial charge in [-0.25, -0.2) is 0 Å². The fraction of sp³-hybridized carbons (Fsp3) is 0.400. The first-order valence-electron chi connectivity index (χ1n) is 4.89. The molecule has 0 aliphatic carbocycles. The smallest absolute Gasteiger partial charge is 0.383 e. The van der Waals surface area contributed by atoms with Crippen molar-refractivity contribution in [3.8, 4) is 0 Å². The van der Waals surface area contributed by atoms with Crippen molar-refractivity contribution in [1.29, 1.82) is 0 Å². The summed E-state index contributed by atoms with van der Waals surface area (Å²) in [6.07, 6.45) is -4.50. The first-order valence-corrected chi connectivity index (χ1v) is 4.89. The van der Waals surface area contributed by atoms with Gasteiger partial charge in [-0.1, -0.05) is 13.8 Å². The van der Waals surface area contributed by atoms with Gasteiger partial charge >= 0.3 is 6.18 Å². The van der Waals surface area contributed by atoms with E-state index in [9.17, 15) is 23.3 Å². The Morgan fingerprint density at radius 3 is 2.18 bits per heavy atom. The SMILES string of the molecule is CC.CNc1cc(C(F)(F)F)ccc1[N+](=O)[O-]. The number of hydrogen-bond donors (Lipinski definition) is 1. The number of nitro groups is 1. The highest BCUT2D eigenvalue weighted by Crippen LogP contribution is 2.34. The van der Waals surface area contributed by atoms with Crippen LogP contribution in [0.3, 0.4) is 0 Å². The van der Waals surface area contributed by atoms with Gasteiger partial charge in [0.05, 0.1) is 10.5 Å². The van der Waals surface area contributed by atoms with Crippen LogP contribution in [-0.2, 0) is 6.18 Å². The standard InChI is InChI=1S/C8H7F3N2O2.C2H6/c1-12-6-4-5(8(9,10)11)2-3-7(6)13(14)15;1-2/h2-4,12H,1H3;1-2H3. The van der Waals surface area contributed by atoms with Crippen LogP contribution in [0.2, 0.25) is 0 Å². The van der Waals surface area contributed by atoms with Crippen LogP contribution in [0.15, 0.2) is 18.2 Å². The highest BCUT2D eigenvalue weighted by atomic mass is 19.4. The summed E-state index contributed by atoms with van der Waals surface area (Å²) in [5.41, 5.74) is -1.46. The van der Waals surface area contributed by atoms with Crippen molar-refractivity contribution >= 4 is 11.4 Å². The van der Waals surface area contributed by atoms with Crippen LogP contribution < -0.4 is 5.32 Å². The lowest BCUT2D eigenvalue weighted by Gasteiger charge is -2.08. The molecule has 0 heterocycles. The zero-order valence-corrected chi connectivity index (χ0v) is 9.63. The van der Waals surface area contributed by atoms with E-state index in [1.54, 1.807) is 0 Å². The molecule has 17 heavy (non-hydrogen) atoms. The molecule has 7 heteroatoms. The quantitative estimate of drug-likeness (QED) is 0.643. The summed E-state index contributed by atoms with van der Waals surface area (Å²) in [5, 5.41) is 12.8. The van der Waals surface area contributed by atoms with Crippen molar-refractivity contribution in [2.24, 2.45) is 0 Å². The van der Waals surface area contributed by atoms with Crippen LogP contribution in [0.4, 0.5) is 24.5 Å². The van der Waals surface area contributed by atoms with Gasteiger partial charge in [0.1, 0.15) is 5.69 Å². The maximum Gasteiger partial charge on any atom is 0.416 e. The minimum absolute atomic E-state index is 0.158. The molecule has 4 nitrogen and oxygen atoms in total. The number of nitrogens with zero attached hydrogens (tertiary/aromatic N) is 1. The Balaban J connectivity index is 0.00000121. The lowest BCUT2D eigenvalue weighted by Crippen LogP contribution is -2.06. The lowest BCUT2D eigenvalue weighted by molar-refractivity contribution is -0.384. The van der Waals surface area contributed by atoms with Crippen LogP contribution in [0.25, 0.3) is 0 Å². The second-order valence-corrected chi connectivity index (χ2v) is 2.74. The van der Waals surface area contributed by atoms with Crippen molar-refractivity contribution in [2.45, 2.75) is 20.0 Å². The summed E-state index contributed by atoms with van der Waals surface area (Å²) < 4.78 is 36.7. The molecule has 1 N–H and O–H groups in total. The molecule has 0 saturated carbocycles. The Kier molecular flexibility index (Phi) is 5.43. The lowest BCUT2D eigenvalue weighted by atomic mass is 10.1. The van der Waals surface area contributed by atoms with Gasteiger partial charge in [0.15, 0.2) is 0 Å². The van der Waals surface area contributed by atoms with Crippen molar-refractivity contribution in [1.82, 2.24) is 0 Å². The van der Waals surface area contributed by atoms with E-state index < -0.39 is 16.7 Å². The van der Waals surface area contributed by atoms with Crippen molar-refractivity contribution in [3.63, 3.8) is 0 Å². The van der Waals surface area contributed by atoms with Crippen molar-refractivity contribution in [3.05, 3.63) is 33.9 Å². The van der Waals surface area contributed by atoms with E-state index in [1.807, 2.05) is 13.8 Å². The van der Waals surface area contributed by atoms with Gasteiger partial charge in [-0.2, -0.15) is 13.2 Å². The topological polar surface area (TPSA) is 55.2 Å². The number of anilines is 1. The second-order valence-electron chi connectivity index (χ2n) is 2.74. The summed E-state index contributed by atoms with van der Waals surface area (Å²) in [4.78, 5) is 9.68. The third-order valence-electron chi connectivity index (χ3n) is 1.79. The summed E-state index contributed by atoms with van der Waals surface area (Å²) in [6.45, 7) is 4.00. The monoisotopic (exact) mass is 250 g/mol. The zero-order chi connectivity index (χ0) is 13.6. The van der Waals surface area contributed by atoms with Crippen LogP contribution in [0.5, 0.6) is 0 Å². The van der Waals surface area contributed by atoms with Gasteiger partial charge in [0, 0.05) is 13.1 Å². The van der Waals surface area contributed by atoms with E-state index in [0.29, 0.717) is 12.1 Å². The van der Waals surface area contributed by atoms with Gasteiger partial charge in [-0.3, -0.25) is 10.1 Å². The molecule has 0 aromatic heterocycles. The van der Waals surface area contributed by atoms with Crippen LogP contribution >= 0.6 is 0 Å². The minimum Gasteiger partial charge on any atom is -0.383 e. The van der Waals surface area contributed by atoms with Gasteiger partial charge < -0.3 is 5.32 Å². The molecule has 0 unspecified atom stereocenters. The van der Waals surface area contributed by atoms with E-state index in [-0.39, 0.29) is 11.4 Å². The summed E-state index contributed by atoms with van der Waals surface area (Å²) in [5.74, 6) is 0. The number of halogens is 3. The number of nitro benzene ring substituents is 1. The third kappa shape index (κ3) is 3.93. The molecule has 0 saturated heterocycles. The van der Waals surface area contributed by atoms with E-state index in [2.05, 4.69) is 5.32 Å². The number of alkyl halides is 3. The first kappa shape index (κ1) is 15.2. The van der Waals surface area contributed by atoms with E-state index in [0.717, 1.165) is 6.07 Å². The molecule has 0 spiro atoms. The predicted molar refractivity (Wildman–Crippen MR) is 59.0 cm³/mol. The Hall–Kier alpha value is -1.79. The Bertz CT molecular complexity index is 392. The van der Waals surface area contributed by atoms with Crippen molar-refractivity contribution < 1.29 is 18.1 Å². The molecule has 0 bridgehead atoms. The number of nitrogens with one attached hydrogen (secondary N) is 1. The number of hydrogen-bond acceptors (Lipinski definition) is 3. The molecular weight excluding hydrogens is 237 g/mol. The molecule has 1 rings (SSSR count). The molecule has 1 aromatic rings. The Morgan fingerprint density at radius 2 is 1.82 bits per heavy atom. The molecule has 1 aromatic carbocycles. The fourth-order valence-electron chi connectivity index (χ4n) is 1.07. The van der Waals surface area contributed by atoms with Gasteiger partial charge in [-0.05, 0) is 12.1 Å². The zero-order valence-electron chi connectivity index (χ0n) is 9.63. The fourth-order valence-corrected chi connectivity index (χ4v) is 1.07. The molecule has 0 radical (unpaired) electrons. The number of benzene rings is 1. The molecule has 0 aliphatic rings. The van der Waals surface area contributed by atoms with E-state index in [1.165, 1.54) is 7.05 Å². The maximum absolute atomic E-state index is 12.2. The molecule has 96 valence electrons. The largest absolute Gasteiger partial charge is 0.416 e. The molecule has 0 atom stereocenters. The summed E-state index contributed by atoms with van der Waals surface area (Å²) >= 11 is 0. The molecule has 0 amide bonds. The van der Waals surface area contributed by atoms with Crippen molar-refractivity contribution in [2.75, 3.05) is 12.4 Å². The maximum atomic E-state index is 12.2. The van der Waals surface area contributed by atoms with Gasteiger partial charge in [0.2, 0.25) is 0 Å². The normalized spacial score (nSPS) is 10.2. The van der Waals surface area contributed by atoms with Crippen LogP contribution in [0, 0.1) is 10.1 Å². The summed E-state index contributed by atoms with van der Waals surface area (Å²) in [6, 6.07) is 2.21. The highest BCUT2D eigenvalue weighted by molar-refractivity contribution is 5.62. The van der Waals surface area contributed by atoms with E-state index in [4.69, 9.17) is 0 Å². The minimum atomic E-state index is -4.50. The average molecular weight is 250 g/mol.